The first-order chi connectivity index (χ1) is 7.20. The summed E-state index contributed by atoms with van der Waals surface area (Å²) in [5.74, 6) is 2.36. The van der Waals surface area contributed by atoms with E-state index < -0.39 is 0 Å². The minimum atomic E-state index is -0.316. The Labute approximate surface area is 90.0 Å². The molecule has 1 saturated heterocycles. The number of carbonyl (C=O) groups is 2. The van der Waals surface area contributed by atoms with E-state index in [-0.39, 0.29) is 17.9 Å². The van der Waals surface area contributed by atoms with Crippen molar-refractivity contribution in [2.45, 2.75) is 32.2 Å². The molecule has 0 radical (unpaired) electrons. The lowest BCUT2D eigenvalue weighted by molar-refractivity contribution is -0.143. The lowest BCUT2D eigenvalue weighted by Gasteiger charge is -2.34. The summed E-state index contributed by atoms with van der Waals surface area (Å²) in [5.41, 5.74) is 0. The van der Waals surface area contributed by atoms with Crippen molar-refractivity contribution in [3.8, 4) is 12.3 Å². The largest absolute Gasteiger partial charge is 0.353 e. The van der Waals surface area contributed by atoms with E-state index in [0.717, 1.165) is 0 Å². The third kappa shape index (κ3) is 2.72. The van der Waals surface area contributed by atoms with E-state index in [9.17, 15) is 9.59 Å². The molecule has 0 aromatic heterocycles. The number of nitrogens with one attached hydrogen (secondary N) is 1. The molecule has 0 saturated carbocycles. The number of terminal acetylenes is 1. The van der Waals surface area contributed by atoms with Crippen molar-refractivity contribution in [2.24, 2.45) is 0 Å². The zero-order valence-corrected chi connectivity index (χ0v) is 8.95. The predicted molar refractivity (Wildman–Crippen MR) is 56.9 cm³/mol. The van der Waals surface area contributed by atoms with Gasteiger partial charge in [0.05, 0.1) is 0 Å². The first-order valence-corrected chi connectivity index (χ1v) is 5.21. The Kier molecular flexibility index (Phi) is 4.17. The molecule has 0 spiro atoms. The fraction of sp³-hybridized carbons (Fsp3) is 0.636. The maximum Gasteiger partial charge on any atom is 0.242 e. The molecule has 0 aromatic rings. The van der Waals surface area contributed by atoms with Gasteiger partial charge in [-0.25, -0.2) is 0 Å². The average molecular weight is 208 g/mol. The SMILES string of the molecule is C#CCCC(=O)N1CCNC(=O)C1CC. The van der Waals surface area contributed by atoms with Crippen LogP contribution in [0, 0.1) is 12.3 Å². The van der Waals surface area contributed by atoms with Gasteiger partial charge in [-0.3, -0.25) is 9.59 Å². The molecule has 1 N–H and O–H groups in total. The normalized spacial score (nSPS) is 20.7. The van der Waals surface area contributed by atoms with Crippen LogP contribution in [-0.4, -0.2) is 35.8 Å². The van der Waals surface area contributed by atoms with Crippen LogP contribution in [0.1, 0.15) is 26.2 Å². The molecule has 2 amide bonds. The summed E-state index contributed by atoms with van der Waals surface area (Å²) < 4.78 is 0. The highest BCUT2D eigenvalue weighted by Crippen LogP contribution is 2.10. The van der Waals surface area contributed by atoms with Crippen molar-refractivity contribution in [1.82, 2.24) is 10.2 Å². The molecule has 4 heteroatoms. The van der Waals surface area contributed by atoms with Crippen molar-refractivity contribution in [2.75, 3.05) is 13.1 Å². The summed E-state index contributed by atoms with van der Waals surface area (Å²) in [6.45, 7) is 3.03. The second-order valence-electron chi connectivity index (χ2n) is 3.51. The molecule has 1 aliphatic heterocycles. The van der Waals surface area contributed by atoms with E-state index in [2.05, 4.69) is 11.2 Å². The maximum absolute atomic E-state index is 11.7. The van der Waals surface area contributed by atoms with Gasteiger partial charge in [0, 0.05) is 25.9 Å². The van der Waals surface area contributed by atoms with Crippen molar-refractivity contribution < 1.29 is 9.59 Å². The Morgan fingerprint density at radius 1 is 1.73 bits per heavy atom. The predicted octanol–water partition coefficient (Wildman–Crippen LogP) is 0.137. The lowest BCUT2D eigenvalue weighted by atomic mass is 10.1. The van der Waals surface area contributed by atoms with Crippen LogP contribution in [0.3, 0.4) is 0 Å². The zero-order chi connectivity index (χ0) is 11.3. The smallest absolute Gasteiger partial charge is 0.242 e. The van der Waals surface area contributed by atoms with E-state index in [1.54, 1.807) is 4.90 Å². The highest BCUT2D eigenvalue weighted by atomic mass is 16.2. The van der Waals surface area contributed by atoms with Gasteiger partial charge in [0.2, 0.25) is 11.8 Å². The molecule has 1 atom stereocenters. The van der Waals surface area contributed by atoms with Crippen LogP contribution in [-0.2, 0) is 9.59 Å². The van der Waals surface area contributed by atoms with Gasteiger partial charge in [0.15, 0.2) is 0 Å². The molecule has 0 aromatic carbocycles. The van der Waals surface area contributed by atoms with Crippen LogP contribution in [0.4, 0.5) is 0 Å². The van der Waals surface area contributed by atoms with Crippen molar-refractivity contribution in [3.05, 3.63) is 0 Å². The standard InChI is InChI=1S/C11H16N2O2/c1-3-5-6-10(14)13-8-7-12-11(15)9(13)4-2/h1,9H,4-8H2,2H3,(H,12,15). The van der Waals surface area contributed by atoms with Gasteiger partial charge in [0.1, 0.15) is 6.04 Å². The average Bonchev–Trinajstić information content (AvgIpc) is 2.25. The fourth-order valence-corrected chi connectivity index (χ4v) is 1.74. The lowest BCUT2D eigenvalue weighted by Crippen LogP contribution is -2.56. The Morgan fingerprint density at radius 3 is 3.07 bits per heavy atom. The monoisotopic (exact) mass is 208 g/mol. The third-order valence-corrected chi connectivity index (χ3v) is 2.52. The molecular weight excluding hydrogens is 192 g/mol. The van der Waals surface area contributed by atoms with Crippen LogP contribution in [0.15, 0.2) is 0 Å². The molecule has 0 aliphatic carbocycles. The number of amides is 2. The number of nitrogens with zero attached hydrogens (tertiary/aromatic N) is 1. The fourth-order valence-electron chi connectivity index (χ4n) is 1.74. The summed E-state index contributed by atoms with van der Waals surface area (Å²) in [7, 11) is 0. The molecule has 1 unspecified atom stereocenters. The van der Waals surface area contributed by atoms with Crippen molar-refractivity contribution in [3.63, 3.8) is 0 Å². The molecule has 1 aliphatic rings. The summed E-state index contributed by atoms with van der Waals surface area (Å²) in [5, 5.41) is 2.75. The minimum absolute atomic E-state index is 0.0188. The van der Waals surface area contributed by atoms with Gasteiger partial charge in [-0.05, 0) is 6.42 Å². The van der Waals surface area contributed by atoms with E-state index in [1.165, 1.54) is 0 Å². The van der Waals surface area contributed by atoms with Crippen LogP contribution in [0.5, 0.6) is 0 Å². The van der Waals surface area contributed by atoms with Gasteiger partial charge in [-0.2, -0.15) is 0 Å². The quantitative estimate of drug-likeness (QED) is 0.670. The minimum Gasteiger partial charge on any atom is -0.353 e. The van der Waals surface area contributed by atoms with Crippen LogP contribution < -0.4 is 5.32 Å². The number of rotatable bonds is 3. The highest BCUT2D eigenvalue weighted by Gasteiger charge is 2.30. The van der Waals surface area contributed by atoms with E-state index in [4.69, 9.17) is 6.42 Å². The van der Waals surface area contributed by atoms with Crippen molar-refractivity contribution in [1.29, 1.82) is 0 Å². The van der Waals surface area contributed by atoms with Crippen LogP contribution in [0.25, 0.3) is 0 Å². The van der Waals surface area contributed by atoms with E-state index in [1.807, 2.05) is 6.92 Å². The van der Waals surface area contributed by atoms with Gasteiger partial charge >= 0.3 is 0 Å². The molecule has 1 rings (SSSR count). The Balaban J connectivity index is 2.61. The molecule has 82 valence electrons. The molecule has 1 fully saturated rings. The molecule has 4 nitrogen and oxygen atoms in total. The summed E-state index contributed by atoms with van der Waals surface area (Å²) >= 11 is 0. The molecule has 15 heavy (non-hydrogen) atoms. The summed E-state index contributed by atoms with van der Waals surface area (Å²) in [4.78, 5) is 24.8. The third-order valence-electron chi connectivity index (χ3n) is 2.52. The van der Waals surface area contributed by atoms with Gasteiger partial charge in [-0.15, -0.1) is 12.3 Å². The van der Waals surface area contributed by atoms with E-state index in [0.29, 0.717) is 32.4 Å². The highest BCUT2D eigenvalue weighted by molar-refractivity contribution is 5.88. The molecule has 0 bridgehead atoms. The Hall–Kier alpha value is -1.50. The second-order valence-corrected chi connectivity index (χ2v) is 3.51. The van der Waals surface area contributed by atoms with Crippen LogP contribution in [0.2, 0.25) is 0 Å². The second kappa shape index (κ2) is 5.40. The van der Waals surface area contributed by atoms with Gasteiger partial charge in [0.25, 0.3) is 0 Å². The summed E-state index contributed by atoms with van der Waals surface area (Å²) in [6.07, 6.45) is 6.52. The molecule has 1 heterocycles. The number of carbonyl (C=O) groups excluding carboxylic acids is 2. The topological polar surface area (TPSA) is 49.4 Å². The molecular formula is C11H16N2O2. The number of piperazine rings is 1. The summed E-state index contributed by atoms with van der Waals surface area (Å²) in [6, 6.07) is -0.316. The zero-order valence-electron chi connectivity index (χ0n) is 8.95. The number of hydrogen-bond donors (Lipinski definition) is 1. The van der Waals surface area contributed by atoms with E-state index >= 15 is 0 Å². The van der Waals surface area contributed by atoms with Gasteiger partial charge < -0.3 is 10.2 Å². The number of hydrogen-bond acceptors (Lipinski definition) is 2. The Bertz CT molecular complexity index is 293. The first-order valence-electron chi connectivity index (χ1n) is 5.21. The maximum atomic E-state index is 11.7. The Morgan fingerprint density at radius 2 is 2.47 bits per heavy atom. The van der Waals surface area contributed by atoms with Crippen LogP contribution >= 0.6 is 0 Å². The van der Waals surface area contributed by atoms with Crippen molar-refractivity contribution >= 4 is 11.8 Å². The first kappa shape index (κ1) is 11.6. The van der Waals surface area contributed by atoms with Gasteiger partial charge in [-0.1, -0.05) is 6.92 Å².